The van der Waals surface area contributed by atoms with E-state index < -0.39 is 5.97 Å². The van der Waals surface area contributed by atoms with Crippen LogP contribution in [0.4, 0.5) is 5.69 Å². The number of methoxy groups -OCH3 is 1. The Morgan fingerprint density at radius 3 is 2.52 bits per heavy atom. The molecule has 110 valence electrons. The van der Waals surface area contributed by atoms with Crippen LogP contribution in [0, 0.1) is 6.92 Å². The van der Waals surface area contributed by atoms with Crippen molar-refractivity contribution in [3.63, 3.8) is 0 Å². The molecule has 0 saturated carbocycles. The summed E-state index contributed by atoms with van der Waals surface area (Å²) >= 11 is 12.0. The molecular weight excluding hydrogens is 313 g/mol. The van der Waals surface area contributed by atoms with Crippen LogP contribution in [0.15, 0.2) is 30.3 Å². The first-order valence-electron chi connectivity index (χ1n) is 6.03. The topological polar surface area (TPSA) is 61.5 Å². The predicted molar refractivity (Wildman–Crippen MR) is 83.5 cm³/mol. The van der Waals surface area contributed by atoms with Crippen LogP contribution in [-0.2, 0) is 4.74 Å². The molecule has 0 atom stereocenters. The smallest absolute Gasteiger partial charge is 0.341 e. The lowest BCUT2D eigenvalue weighted by atomic mass is 10.1. The fraction of sp³-hybridized carbons (Fsp3) is 0.133. The van der Waals surface area contributed by atoms with Crippen molar-refractivity contribution in [1.82, 2.24) is 0 Å². The Morgan fingerprint density at radius 1 is 1.19 bits per heavy atom. The van der Waals surface area contributed by atoms with Crippen LogP contribution in [0.5, 0.6) is 11.5 Å². The summed E-state index contributed by atoms with van der Waals surface area (Å²) in [6.45, 7) is 1.84. The minimum atomic E-state index is -0.578. The molecule has 0 aliphatic rings. The maximum Gasteiger partial charge on any atom is 0.341 e. The summed E-state index contributed by atoms with van der Waals surface area (Å²) in [7, 11) is 1.27. The van der Waals surface area contributed by atoms with E-state index in [1.165, 1.54) is 19.2 Å². The number of aryl methyl sites for hydroxylation is 1. The first-order valence-corrected chi connectivity index (χ1v) is 6.79. The number of rotatable bonds is 3. The summed E-state index contributed by atoms with van der Waals surface area (Å²) in [4.78, 5) is 11.8. The molecule has 0 aliphatic heterocycles. The highest BCUT2D eigenvalue weighted by Crippen LogP contribution is 2.37. The molecule has 0 unspecified atom stereocenters. The van der Waals surface area contributed by atoms with Gasteiger partial charge in [-0.2, -0.15) is 0 Å². The molecule has 0 amide bonds. The number of halogens is 2. The standard InChI is InChI=1S/C15H13Cl2NO3/c1-8-5-9(16)3-4-13(8)21-14-11(15(19)20-2)6-10(18)7-12(14)17/h3-7H,18H2,1-2H3. The normalized spacial score (nSPS) is 10.3. The third kappa shape index (κ3) is 3.40. The molecule has 2 N–H and O–H groups in total. The van der Waals surface area contributed by atoms with E-state index in [0.717, 1.165) is 5.56 Å². The summed E-state index contributed by atoms with van der Waals surface area (Å²) in [6.07, 6.45) is 0. The predicted octanol–water partition coefficient (Wildman–Crippen LogP) is 4.46. The summed E-state index contributed by atoms with van der Waals surface area (Å²) < 4.78 is 10.5. The maximum absolute atomic E-state index is 11.8. The van der Waals surface area contributed by atoms with E-state index in [0.29, 0.717) is 16.5 Å². The second-order valence-corrected chi connectivity index (χ2v) is 5.23. The first-order chi connectivity index (χ1) is 9.92. The molecule has 0 bridgehead atoms. The Balaban J connectivity index is 2.50. The number of ether oxygens (including phenoxy) is 2. The Hall–Kier alpha value is -1.91. The molecule has 2 rings (SSSR count). The Kier molecular flexibility index (Phi) is 4.60. The van der Waals surface area contributed by atoms with Crippen molar-refractivity contribution >= 4 is 34.9 Å². The maximum atomic E-state index is 11.8. The van der Waals surface area contributed by atoms with Gasteiger partial charge in [-0.25, -0.2) is 4.79 Å². The third-order valence-electron chi connectivity index (χ3n) is 2.82. The molecule has 0 aromatic heterocycles. The lowest BCUT2D eigenvalue weighted by Crippen LogP contribution is -2.05. The average Bonchev–Trinajstić information content (AvgIpc) is 2.42. The van der Waals surface area contributed by atoms with Crippen molar-refractivity contribution < 1.29 is 14.3 Å². The Labute approximate surface area is 132 Å². The zero-order valence-electron chi connectivity index (χ0n) is 11.4. The molecule has 4 nitrogen and oxygen atoms in total. The molecule has 6 heteroatoms. The SMILES string of the molecule is COC(=O)c1cc(N)cc(Cl)c1Oc1ccc(Cl)cc1C. The molecular formula is C15H13Cl2NO3. The van der Waals surface area contributed by atoms with Gasteiger partial charge in [0, 0.05) is 10.7 Å². The van der Waals surface area contributed by atoms with Crippen LogP contribution in [-0.4, -0.2) is 13.1 Å². The number of nitrogens with two attached hydrogens (primary N) is 1. The Morgan fingerprint density at radius 2 is 1.90 bits per heavy atom. The van der Waals surface area contributed by atoms with Gasteiger partial charge in [-0.05, 0) is 42.8 Å². The lowest BCUT2D eigenvalue weighted by Gasteiger charge is -2.14. The second kappa shape index (κ2) is 6.24. The summed E-state index contributed by atoms with van der Waals surface area (Å²) in [6, 6.07) is 8.10. The highest BCUT2D eigenvalue weighted by molar-refractivity contribution is 6.33. The number of nitrogen functional groups attached to an aromatic ring is 1. The van der Waals surface area contributed by atoms with E-state index >= 15 is 0 Å². The van der Waals surface area contributed by atoms with E-state index in [9.17, 15) is 4.79 Å². The van der Waals surface area contributed by atoms with Crippen molar-refractivity contribution in [2.24, 2.45) is 0 Å². The molecule has 2 aromatic carbocycles. The van der Waals surface area contributed by atoms with Crippen molar-refractivity contribution in [2.75, 3.05) is 12.8 Å². The fourth-order valence-electron chi connectivity index (χ4n) is 1.82. The number of benzene rings is 2. The molecule has 0 spiro atoms. The average molecular weight is 326 g/mol. The monoisotopic (exact) mass is 325 g/mol. The zero-order chi connectivity index (χ0) is 15.6. The van der Waals surface area contributed by atoms with Gasteiger partial charge >= 0.3 is 5.97 Å². The van der Waals surface area contributed by atoms with Crippen molar-refractivity contribution in [1.29, 1.82) is 0 Å². The van der Waals surface area contributed by atoms with E-state index in [1.54, 1.807) is 18.2 Å². The van der Waals surface area contributed by atoms with Crippen molar-refractivity contribution in [3.8, 4) is 11.5 Å². The number of anilines is 1. The highest BCUT2D eigenvalue weighted by atomic mass is 35.5. The quantitative estimate of drug-likeness (QED) is 0.668. The van der Waals surface area contributed by atoms with Crippen LogP contribution in [0.2, 0.25) is 10.0 Å². The summed E-state index contributed by atoms with van der Waals surface area (Å²) in [5.74, 6) is 0.158. The van der Waals surface area contributed by atoms with Crippen molar-refractivity contribution in [2.45, 2.75) is 6.92 Å². The minimum absolute atomic E-state index is 0.164. The van der Waals surface area contributed by atoms with Gasteiger partial charge in [0.15, 0.2) is 5.75 Å². The minimum Gasteiger partial charge on any atom is -0.465 e. The van der Waals surface area contributed by atoms with Crippen LogP contribution in [0.3, 0.4) is 0 Å². The van der Waals surface area contributed by atoms with Gasteiger partial charge in [-0.3, -0.25) is 0 Å². The van der Waals surface area contributed by atoms with Gasteiger partial charge in [0.2, 0.25) is 0 Å². The number of carbonyl (C=O) groups is 1. The molecule has 21 heavy (non-hydrogen) atoms. The summed E-state index contributed by atoms with van der Waals surface area (Å²) in [5.41, 5.74) is 7.02. The molecule has 0 saturated heterocycles. The van der Waals surface area contributed by atoms with Crippen LogP contribution < -0.4 is 10.5 Å². The lowest BCUT2D eigenvalue weighted by molar-refractivity contribution is 0.0598. The Bertz CT molecular complexity index is 702. The fourth-order valence-corrected chi connectivity index (χ4v) is 2.31. The van der Waals surface area contributed by atoms with Gasteiger partial charge in [-0.1, -0.05) is 23.2 Å². The number of esters is 1. The third-order valence-corrected chi connectivity index (χ3v) is 3.34. The van der Waals surface area contributed by atoms with Gasteiger partial charge < -0.3 is 15.2 Å². The number of hydrogen-bond donors (Lipinski definition) is 1. The van der Waals surface area contributed by atoms with Gasteiger partial charge in [0.25, 0.3) is 0 Å². The van der Waals surface area contributed by atoms with Gasteiger partial charge in [0.1, 0.15) is 11.3 Å². The summed E-state index contributed by atoms with van der Waals surface area (Å²) in [5, 5.41) is 0.821. The zero-order valence-corrected chi connectivity index (χ0v) is 13.0. The largest absolute Gasteiger partial charge is 0.465 e. The van der Waals surface area contributed by atoms with E-state index in [-0.39, 0.29) is 16.3 Å². The van der Waals surface area contributed by atoms with Crippen LogP contribution in [0.1, 0.15) is 15.9 Å². The number of hydrogen-bond acceptors (Lipinski definition) is 4. The molecule has 0 fully saturated rings. The van der Waals surface area contributed by atoms with E-state index in [1.807, 2.05) is 6.92 Å². The van der Waals surface area contributed by atoms with Crippen LogP contribution >= 0.6 is 23.2 Å². The molecule has 0 heterocycles. The van der Waals surface area contributed by atoms with Gasteiger partial charge in [-0.15, -0.1) is 0 Å². The number of carbonyl (C=O) groups excluding carboxylic acids is 1. The molecule has 2 aromatic rings. The van der Waals surface area contributed by atoms with Gasteiger partial charge in [0.05, 0.1) is 12.1 Å². The van der Waals surface area contributed by atoms with Crippen LogP contribution in [0.25, 0.3) is 0 Å². The highest BCUT2D eigenvalue weighted by Gasteiger charge is 2.19. The van der Waals surface area contributed by atoms with E-state index in [4.69, 9.17) is 38.4 Å². The van der Waals surface area contributed by atoms with Crippen molar-refractivity contribution in [3.05, 3.63) is 51.5 Å². The second-order valence-electron chi connectivity index (χ2n) is 4.38. The molecule has 0 radical (unpaired) electrons. The first kappa shape index (κ1) is 15.5. The molecule has 0 aliphatic carbocycles. The van der Waals surface area contributed by atoms with E-state index in [2.05, 4.69) is 0 Å².